The summed E-state index contributed by atoms with van der Waals surface area (Å²) in [6.07, 6.45) is -0.0409. The predicted octanol–water partition coefficient (Wildman–Crippen LogP) is 3.75. The largest absolute Gasteiger partial charge is 0.327 e. The second-order valence-corrected chi connectivity index (χ2v) is 5.99. The molecule has 0 aliphatic carbocycles. The Morgan fingerprint density at radius 3 is 1.56 bits per heavy atom. The average Bonchev–Trinajstić information content (AvgIpc) is 2.03. The zero-order valence-corrected chi connectivity index (χ0v) is 11.6. The fourth-order valence-electron chi connectivity index (χ4n) is 0.426. The molecule has 0 aliphatic rings. The van der Waals surface area contributed by atoms with Crippen LogP contribution in [0.15, 0.2) is 0 Å². The highest BCUT2D eigenvalue weighted by Gasteiger charge is 2.15. The number of hydrogen-bond donors (Lipinski definition) is 0. The molecular weight excluding hydrogens is 227 g/mol. The van der Waals surface area contributed by atoms with Crippen molar-refractivity contribution in [3.63, 3.8) is 0 Å². The third-order valence-corrected chi connectivity index (χ3v) is 3.01. The Kier molecular flexibility index (Phi) is 13.2. The molecule has 0 amide bonds. The molecule has 0 fully saturated rings. The molecule has 0 rings (SSSR count). The van der Waals surface area contributed by atoms with Crippen molar-refractivity contribution >= 4 is 13.4 Å². The SMILES string of the molecule is C.CC(=O)C(C)C.COP(C)(=O)OC(C)C. The highest BCUT2D eigenvalue weighted by Crippen LogP contribution is 2.43. The lowest BCUT2D eigenvalue weighted by molar-refractivity contribution is -0.119. The van der Waals surface area contributed by atoms with Crippen LogP contribution in [0.1, 0.15) is 42.0 Å². The first-order chi connectivity index (χ1) is 6.62. The number of hydrogen-bond acceptors (Lipinski definition) is 4. The average molecular weight is 254 g/mol. The van der Waals surface area contributed by atoms with Gasteiger partial charge in [0.05, 0.1) is 6.10 Å². The molecule has 0 aliphatic heterocycles. The van der Waals surface area contributed by atoms with E-state index in [0.717, 1.165) is 0 Å². The fraction of sp³-hybridized carbons (Fsp3) is 0.909. The molecule has 100 valence electrons. The molecule has 5 heteroatoms. The van der Waals surface area contributed by atoms with Gasteiger partial charge in [0.15, 0.2) is 0 Å². The van der Waals surface area contributed by atoms with Gasteiger partial charge >= 0.3 is 7.60 Å². The van der Waals surface area contributed by atoms with Gasteiger partial charge in [-0.15, -0.1) is 0 Å². The standard InChI is InChI=1S/C5H13O3P.C5H10O.CH4/c1-5(2)8-9(4,6)7-3;1-4(2)5(3)6;/h5H,1-4H3;4H,1-3H3;1H4. The van der Waals surface area contributed by atoms with Crippen LogP contribution in [-0.4, -0.2) is 25.7 Å². The first-order valence-corrected chi connectivity index (χ1v) is 6.93. The zero-order valence-electron chi connectivity index (χ0n) is 10.7. The first-order valence-electron chi connectivity index (χ1n) is 4.94. The van der Waals surface area contributed by atoms with Gasteiger partial charge in [-0.05, 0) is 20.8 Å². The Bertz CT molecular complexity index is 224. The highest BCUT2D eigenvalue weighted by atomic mass is 31.2. The molecule has 1 atom stereocenters. The molecule has 0 saturated carbocycles. The summed E-state index contributed by atoms with van der Waals surface area (Å²) in [5.74, 6) is 0.472. The van der Waals surface area contributed by atoms with Gasteiger partial charge in [-0.1, -0.05) is 21.3 Å². The van der Waals surface area contributed by atoms with Crippen LogP contribution < -0.4 is 0 Å². The minimum Gasteiger partial charge on any atom is -0.312 e. The van der Waals surface area contributed by atoms with Crippen LogP contribution in [0, 0.1) is 5.92 Å². The highest BCUT2D eigenvalue weighted by molar-refractivity contribution is 7.52. The normalized spacial score (nSPS) is 13.6. The van der Waals surface area contributed by atoms with Crippen LogP contribution >= 0.6 is 7.60 Å². The minimum atomic E-state index is -2.73. The smallest absolute Gasteiger partial charge is 0.312 e. The topological polar surface area (TPSA) is 52.6 Å². The van der Waals surface area contributed by atoms with Gasteiger partial charge in [0.25, 0.3) is 0 Å². The van der Waals surface area contributed by atoms with Crippen molar-refractivity contribution in [2.75, 3.05) is 13.8 Å². The van der Waals surface area contributed by atoms with Gasteiger partial charge in [0, 0.05) is 19.7 Å². The monoisotopic (exact) mass is 254 g/mol. The van der Waals surface area contributed by atoms with Crippen molar-refractivity contribution in [2.24, 2.45) is 5.92 Å². The summed E-state index contributed by atoms with van der Waals surface area (Å²) in [6, 6.07) is 0. The maximum atomic E-state index is 10.9. The van der Waals surface area contributed by atoms with Gasteiger partial charge in [0.1, 0.15) is 5.78 Å². The minimum absolute atomic E-state index is 0. The van der Waals surface area contributed by atoms with Crippen LogP contribution in [0.3, 0.4) is 0 Å². The van der Waals surface area contributed by atoms with E-state index in [1.807, 2.05) is 27.7 Å². The maximum absolute atomic E-state index is 10.9. The molecule has 1 unspecified atom stereocenters. The summed E-state index contributed by atoms with van der Waals surface area (Å²) in [5.41, 5.74) is 0. The van der Waals surface area contributed by atoms with Crippen molar-refractivity contribution in [3.8, 4) is 0 Å². The third kappa shape index (κ3) is 16.3. The summed E-state index contributed by atoms with van der Waals surface area (Å²) in [5, 5.41) is 0. The lowest BCUT2D eigenvalue weighted by Gasteiger charge is -2.13. The summed E-state index contributed by atoms with van der Waals surface area (Å²) >= 11 is 0. The van der Waals surface area contributed by atoms with Crippen molar-refractivity contribution < 1.29 is 18.4 Å². The Morgan fingerprint density at radius 1 is 1.19 bits per heavy atom. The Labute approximate surface area is 100 Å². The molecule has 0 aromatic rings. The van der Waals surface area contributed by atoms with Crippen LogP contribution in [0.25, 0.3) is 0 Å². The number of ketones is 1. The van der Waals surface area contributed by atoms with Crippen LogP contribution in [-0.2, 0) is 18.4 Å². The van der Waals surface area contributed by atoms with E-state index in [1.165, 1.54) is 13.8 Å². The number of carbonyl (C=O) groups excluding carboxylic acids is 1. The van der Waals surface area contributed by atoms with E-state index in [4.69, 9.17) is 4.52 Å². The van der Waals surface area contributed by atoms with E-state index in [0.29, 0.717) is 0 Å². The molecule has 16 heavy (non-hydrogen) atoms. The second kappa shape index (κ2) is 10.0. The number of carbonyl (C=O) groups is 1. The molecular formula is C11H27O4P. The van der Waals surface area contributed by atoms with E-state index < -0.39 is 7.60 Å². The van der Waals surface area contributed by atoms with Gasteiger partial charge in [0.2, 0.25) is 0 Å². The Hall–Kier alpha value is -0.180. The van der Waals surface area contributed by atoms with Crippen molar-refractivity contribution in [2.45, 2.75) is 48.1 Å². The van der Waals surface area contributed by atoms with Crippen molar-refractivity contribution in [1.82, 2.24) is 0 Å². The maximum Gasteiger partial charge on any atom is 0.327 e. The molecule has 0 N–H and O–H groups in total. The van der Waals surface area contributed by atoms with Crippen molar-refractivity contribution in [1.29, 1.82) is 0 Å². The van der Waals surface area contributed by atoms with E-state index >= 15 is 0 Å². The van der Waals surface area contributed by atoms with E-state index in [-0.39, 0.29) is 25.2 Å². The molecule has 0 bridgehead atoms. The Morgan fingerprint density at radius 2 is 1.50 bits per heavy atom. The quantitative estimate of drug-likeness (QED) is 0.717. The molecule has 0 radical (unpaired) electrons. The van der Waals surface area contributed by atoms with Crippen LogP contribution in [0.5, 0.6) is 0 Å². The lowest BCUT2D eigenvalue weighted by atomic mass is 10.1. The summed E-state index contributed by atoms with van der Waals surface area (Å²) in [4.78, 5) is 10.1. The van der Waals surface area contributed by atoms with Gasteiger partial charge < -0.3 is 9.05 Å². The molecule has 4 nitrogen and oxygen atoms in total. The van der Waals surface area contributed by atoms with E-state index in [1.54, 1.807) is 6.92 Å². The second-order valence-electron chi connectivity index (χ2n) is 3.87. The van der Waals surface area contributed by atoms with Gasteiger partial charge in [-0.25, -0.2) is 0 Å². The summed E-state index contributed by atoms with van der Waals surface area (Å²) in [7, 11) is -1.35. The summed E-state index contributed by atoms with van der Waals surface area (Å²) in [6.45, 7) is 10.5. The van der Waals surface area contributed by atoms with E-state index in [2.05, 4.69) is 4.52 Å². The zero-order chi connectivity index (χ0) is 12.6. The predicted molar refractivity (Wildman–Crippen MR) is 69.0 cm³/mol. The first kappa shape index (κ1) is 21.1. The number of rotatable bonds is 4. The van der Waals surface area contributed by atoms with E-state index in [9.17, 15) is 9.36 Å². The van der Waals surface area contributed by atoms with Crippen molar-refractivity contribution in [3.05, 3.63) is 0 Å². The molecule has 0 aromatic carbocycles. The Balaban J connectivity index is -0.000000214. The molecule has 0 spiro atoms. The third-order valence-electron chi connectivity index (χ3n) is 1.55. The summed E-state index contributed by atoms with van der Waals surface area (Å²) < 4.78 is 20.5. The molecule has 0 heterocycles. The molecule has 0 saturated heterocycles. The lowest BCUT2D eigenvalue weighted by Crippen LogP contribution is -2.00. The number of Topliss-reactive ketones (excluding diaryl/α,β-unsaturated/α-hetero) is 1. The van der Waals surface area contributed by atoms with Crippen LogP contribution in [0.2, 0.25) is 0 Å². The van der Waals surface area contributed by atoms with Gasteiger partial charge in [-0.3, -0.25) is 9.36 Å². The fourth-order valence-corrected chi connectivity index (χ4v) is 1.28. The van der Waals surface area contributed by atoms with Gasteiger partial charge in [-0.2, -0.15) is 0 Å². The molecule has 0 aromatic heterocycles. The van der Waals surface area contributed by atoms with Crippen LogP contribution in [0.4, 0.5) is 0 Å².